The van der Waals surface area contributed by atoms with Crippen LogP contribution in [0.2, 0.25) is 0 Å². The van der Waals surface area contributed by atoms with Gasteiger partial charge < -0.3 is 15.2 Å². The largest absolute Gasteiger partial charge is 0.484 e. The maximum atomic E-state index is 12.6. The van der Waals surface area contributed by atoms with Gasteiger partial charge in [0.15, 0.2) is 6.61 Å². The second-order valence-electron chi connectivity index (χ2n) is 4.24. The van der Waals surface area contributed by atoms with Crippen LogP contribution in [0.1, 0.15) is 5.56 Å². The van der Waals surface area contributed by atoms with Crippen LogP contribution in [0.3, 0.4) is 0 Å². The number of rotatable bonds is 5. The van der Waals surface area contributed by atoms with Crippen LogP contribution < -0.4 is 15.2 Å². The van der Waals surface area contributed by atoms with E-state index in [9.17, 15) is 18.0 Å². The fraction of sp³-hybridized carbons (Fsp3) is 0.143. The third-order valence-corrected chi connectivity index (χ3v) is 2.48. The molecule has 0 unspecified atom stereocenters. The molecule has 8 heteroatoms. The Labute approximate surface area is 123 Å². The Morgan fingerprint density at radius 3 is 2.32 bits per heavy atom. The predicted octanol–water partition coefficient (Wildman–Crippen LogP) is 2.76. The number of nitrogens with zero attached hydrogens (tertiary/aromatic N) is 1. The molecule has 2 rings (SSSR count). The van der Waals surface area contributed by atoms with Crippen LogP contribution in [0.15, 0.2) is 42.7 Å². The number of nitrogens with two attached hydrogens (primary N) is 1. The Kier molecular flexibility index (Phi) is 4.50. The number of benzene rings is 1. The molecule has 0 fully saturated rings. The number of halogens is 3. The zero-order valence-electron chi connectivity index (χ0n) is 11.1. The van der Waals surface area contributed by atoms with E-state index in [1.165, 1.54) is 30.5 Å². The van der Waals surface area contributed by atoms with Gasteiger partial charge in [-0.25, -0.2) is 0 Å². The Morgan fingerprint density at radius 1 is 1.09 bits per heavy atom. The molecular formula is C14H11F3N2O3. The Balaban J connectivity index is 2.06. The molecule has 0 radical (unpaired) electrons. The summed E-state index contributed by atoms with van der Waals surface area (Å²) in [4.78, 5) is 14.1. The molecule has 2 aromatic rings. The smallest absolute Gasteiger partial charge is 0.418 e. The Morgan fingerprint density at radius 2 is 1.73 bits per heavy atom. The number of alkyl halides is 3. The third-order valence-electron chi connectivity index (χ3n) is 2.48. The number of aromatic nitrogens is 1. The molecular weight excluding hydrogens is 301 g/mol. The van der Waals surface area contributed by atoms with Gasteiger partial charge in [-0.1, -0.05) is 0 Å². The van der Waals surface area contributed by atoms with E-state index < -0.39 is 17.6 Å². The van der Waals surface area contributed by atoms with Crippen molar-refractivity contribution in [1.82, 2.24) is 4.98 Å². The van der Waals surface area contributed by atoms with Gasteiger partial charge in [-0.15, -0.1) is 0 Å². The summed E-state index contributed by atoms with van der Waals surface area (Å²) in [6.45, 7) is -0.266. The molecule has 2 N–H and O–H groups in total. The van der Waals surface area contributed by atoms with E-state index in [4.69, 9.17) is 15.2 Å². The van der Waals surface area contributed by atoms with E-state index in [1.807, 2.05) is 0 Å². The average molecular weight is 312 g/mol. The first kappa shape index (κ1) is 15.6. The molecule has 0 atom stereocenters. The van der Waals surface area contributed by atoms with Crippen molar-refractivity contribution in [3.8, 4) is 17.2 Å². The minimum atomic E-state index is -4.49. The number of ether oxygens (including phenoxy) is 2. The van der Waals surface area contributed by atoms with Crippen molar-refractivity contribution in [2.75, 3.05) is 6.61 Å². The van der Waals surface area contributed by atoms with Crippen molar-refractivity contribution < 1.29 is 27.4 Å². The van der Waals surface area contributed by atoms with Gasteiger partial charge in [0.2, 0.25) is 0 Å². The molecule has 0 aliphatic rings. The Hall–Kier alpha value is -2.77. The van der Waals surface area contributed by atoms with E-state index >= 15 is 0 Å². The summed E-state index contributed by atoms with van der Waals surface area (Å²) >= 11 is 0. The summed E-state index contributed by atoms with van der Waals surface area (Å²) in [6.07, 6.45) is -2.60. The quantitative estimate of drug-likeness (QED) is 0.921. The lowest BCUT2D eigenvalue weighted by molar-refractivity contribution is -0.138. The summed E-state index contributed by atoms with van der Waals surface area (Å²) in [5.74, 6) is 0.0249. The second kappa shape index (κ2) is 6.33. The molecule has 5 nitrogen and oxygen atoms in total. The first-order valence-electron chi connectivity index (χ1n) is 6.06. The van der Waals surface area contributed by atoms with Crippen LogP contribution in [0.4, 0.5) is 13.2 Å². The van der Waals surface area contributed by atoms with E-state index in [2.05, 4.69) is 4.98 Å². The number of carbonyl (C=O) groups excluding carboxylic acids is 1. The van der Waals surface area contributed by atoms with Crippen molar-refractivity contribution in [3.05, 3.63) is 48.3 Å². The zero-order valence-corrected chi connectivity index (χ0v) is 11.1. The molecule has 0 saturated carbocycles. The van der Waals surface area contributed by atoms with Crippen LogP contribution in [-0.4, -0.2) is 17.5 Å². The second-order valence-corrected chi connectivity index (χ2v) is 4.24. The minimum Gasteiger partial charge on any atom is -0.484 e. The summed E-state index contributed by atoms with van der Waals surface area (Å²) in [5.41, 5.74) is 4.04. The van der Waals surface area contributed by atoms with E-state index in [0.29, 0.717) is 17.7 Å². The molecule has 1 amide bonds. The van der Waals surface area contributed by atoms with Gasteiger partial charge in [0.05, 0.1) is 11.8 Å². The topological polar surface area (TPSA) is 74.4 Å². The lowest BCUT2D eigenvalue weighted by Crippen LogP contribution is -2.19. The van der Waals surface area contributed by atoms with Crippen molar-refractivity contribution in [3.63, 3.8) is 0 Å². The average Bonchev–Trinajstić information content (AvgIpc) is 2.46. The number of pyridine rings is 1. The predicted molar refractivity (Wildman–Crippen MR) is 70.4 cm³/mol. The van der Waals surface area contributed by atoms with E-state index in [0.717, 1.165) is 6.07 Å². The first-order chi connectivity index (χ1) is 10.3. The standard InChI is InChI=1S/C14H11F3N2O3/c15-14(16,17)9-5-12(7-19-6-9)22-11-3-1-10(2-4-11)21-8-13(18)20/h1-7H,8H2,(H2,18,20). The first-order valence-corrected chi connectivity index (χ1v) is 6.06. The van der Waals surface area contributed by atoms with Crippen molar-refractivity contribution in [1.29, 1.82) is 0 Å². The number of hydrogen-bond acceptors (Lipinski definition) is 4. The third kappa shape index (κ3) is 4.37. The van der Waals surface area contributed by atoms with Crippen LogP contribution in [-0.2, 0) is 11.0 Å². The van der Waals surface area contributed by atoms with Crippen LogP contribution in [0.5, 0.6) is 17.2 Å². The van der Waals surface area contributed by atoms with Gasteiger partial charge in [0.1, 0.15) is 17.2 Å². The molecule has 116 valence electrons. The zero-order chi connectivity index (χ0) is 16.2. The number of amides is 1. The normalized spacial score (nSPS) is 11.0. The summed E-state index contributed by atoms with van der Waals surface area (Å²) in [7, 11) is 0. The van der Waals surface area contributed by atoms with Gasteiger partial charge in [-0.2, -0.15) is 13.2 Å². The van der Waals surface area contributed by atoms with Gasteiger partial charge in [0, 0.05) is 6.20 Å². The summed E-state index contributed by atoms with van der Waals surface area (Å²) in [6, 6.07) is 6.82. The van der Waals surface area contributed by atoms with Gasteiger partial charge in [-0.3, -0.25) is 9.78 Å². The fourth-order valence-corrected chi connectivity index (χ4v) is 1.52. The molecule has 0 aliphatic heterocycles. The molecule has 1 heterocycles. The molecule has 1 aromatic heterocycles. The van der Waals surface area contributed by atoms with Crippen LogP contribution in [0.25, 0.3) is 0 Å². The van der Waals surface area contributed by atoms with Crippen molar-refractivity contribution in [2.24, 2.45) is 5.73 Å². The maximum Gasteiger partial charge on any atom is 0.418 e. The molecule has 0 saturated heterocycles. The highest BCUT2D eigenvalue weighted by Crippen LogP contribution is 2.32. The van der Waals surface area contributed by atoms with Gasteiger partial charge in [0.25, 0.3) is 5.91 Å². The molecule has 0 aliphatic carbocycles. The molecule has 0 spiro atoms. The monoisotopic (exact) mass is 312 g/mol. The molecule has 0 bridgehead atoms. The molecule has 22 heavy (non-hydrogen) atoms. The van der Waals surface area contributed by atoms with Gasteiger partial charge in [-0.05, 0) is 30.3 Å². The van der Waals surface area contributed by atoms with Crippen molar-refractivity contribution in [2.45, 2.75) is 6.18 Å². The maximum absolute atomic E-state index is 12.6. The number of carbonyl (C=O) groups is 1. The highest BCUT2D eigenvalue weighted by molar-refractivity contribution is 5.75. The summed E-state index contributed by atoms with van der Waals surface area (Å²) in [5, 5.41) is 0. The highest BCUT2D eigenvalue weighted by Gasteiger charge is 2.31. The van der Waals surface area contributed by atoms with E-state index in [1.54, 1.807) is 0 Å². The fourth-order valence-electron chi connectivity index (χ4n) is 1.52. The minimum absolute atomic E-state index is 0.0411. The van der Waals surface area contributed by atoms with Crippen LogP contribution >= 0.6 is 0 Å². The lowest BCUT2D eigenvalue weighted by Gasteiger charge is -2.10. The highest BCUT2D eigenvalue weighted by atomic mass is 19.4. The lowest BCUT2D eigenvalue weighted by atomic mass is 10.2. The number of primary amides is 1. The summed E-state index contributed by atoms with van der Waals surface area (Å²) < 4.78 is 48.0. The molecule has 1 aromatic carbocycles. The SMILES string of the molecule is NC(=O)COc1ccc(Oc2cncc(C(F)(F)F)c2)cc1. The van der Waals surface area contributed by atoms with E-state index in [-0.39, 0.29) is 12.4 Å². The van der Waals surface area contributed by atoms with Crippen molar-refractivity contribution >= 4 is 5.91 Å². The Bertz CT molecular complexity index is 657. The number of hydrogen-bond donors (Lipinski definition) is 1. The van der Waals surface area contributed by atoms with Gasteiger partial charge >= 0.3 is 6.18 Å². The van der Waals surface area contributed by atoms with Crippen LogP contribution in [0, 0.1) is 0 Å².